The van der Waals surface area contributed by atoms with Gasteiger partial charge in [-0.2, -0.15) is 15.2 Å². The van der Waals surface area contributed by atoms with Crippen LogP contribution in [0.3, 0.4) is 0 Å². The minimum absolute atomic E-state index is 0.201. The topological polar surface area (TPSA) is 90.0 Å². The van der Waals surface area contributed by atoms with Crippen molar-refractivity contribution in [2.75, 3.05) is 6.54 Å². The number of halogens is 1. The second-order valence-corrected chi connectivity index (χ2v) is 6.37. The number of carbonyl (C=O) groups is 1. The zero-order valence-corrected chi connectivity index (χ0v) is 15.2. The highest BCUT2D eigenvalue weighted by Crippen LogP contribution is 2.19. The maximum atomic E-state index is 13.1. The van der Waals surface area contributed by atoms with Gasteiger partial charge in [-0.3, -0.25) is 9.48 Å². The Morgan fingerprint density at radius 1 is 1.21 bits per heavy atom. The second kappa shape index (κ2) is 7.55. The number of fused-ring (bicyclic) bond motifs is 1. The van der Waals surface area contributed by atoms with Gasteiger partial charge in [-0.15, -0.1) is 0 Å². The number of nitrogens with zero attached hydrogens (tertiary/aromatic N) is 6. The molecular formula is C19H18FN7O. The zero-order chi connectivity index (χ0) is 19.5. The van der Waals surface area contributed by atoms with Gasteiger partial charge in [0.25, 0.3) is 11.7 Å². The zero-order valence-electron chi connectivity index (χ0n) is 15.2. The molecule has 0 fully saturated rings. The minimum atomic E-state index is -0.309. The van der Waals surface area contributed by atoms with Gasteiger partial charge in [0.1, 0.15) is 17.8 Å². The summed E-state index contributed by atoms with van der Waals surface area (Å²) in [6.45, 7) is 0.519. The summed E-state index contributed by atoms with van der Waals surface area (Å²) in [4.78, 5) is 20.7. The molecule has 4 rings (SSSR count). The molecule has 9 heteroatoms. The summed E-state index contributed by atoms with van der Waals surface area (Å²) in [6, 6.07) is 7.72. The van der Waals surface area contributed by atoms with E-state index in [0.717, 1.165) is 24.0 Å². The standard InChI is InChI=1S/C19H18FN7O/c1-26-17(9-16(25-26)14-4-6-15(20)7-5-14)18(28)21-8-2-3-13-10-22-19-23-12-24-27(19)11-13/h4-7,9-12H,2-3,8H2,1H3,(H,21,28). The fourth-order valence-electron chi connectivity index (χ4n) is 2.91. The molecule has 0 unspecified atom stereocenters. The lowest BCUT2D eigenvalue weighted by atomic mass is 10.1. The van der Waals surface area contributed by atoms with Crippen molar-refractivity contribution in [2.24, 2.45) is 7.05 Å². The van der Waals surface area contributed by atoms with Crippen molar-refractivity contribution in [3.8, 4) is 11.3 Å². The molecule has 0 atom stereocenters. The molecule has 3 heterocycles. The predicted octanol–water partition coefficient (Wildman–Crippen LogP) is 2.03. The van der Waals surface area contributed by atoms with E-state index in [0.29, 0.717) is 23.7 Å². The Balaban J connectivity index is 1.34. The fourth-order valence-corrected chi connectivity index (χ4v) is 2.91. The van der Waals surface area contributed by atoms with Crippen LogP contribution in [-0.4, -0.2) is 41.8 Å². The molecule has 1 N–H and O–H groups in total. The Morgan fingerprint density at radius 2 is 2.04 bits per heavy atom. The number of carbonyl (C=O) groups excluding carboxylic acids is 1. The molecule has 0 bridgehead atoms. The third-order valence-electron chi connectivity index (χ3n) is 4.37. The molecule has 0 saturated carbocycles. The third kappa shape index (κ3) is 3.73. The van der Waals surface area contributed by atoms with Crippen LogP contribution in [0.25, 0.3) is 17.0 Å². The van der Waals surface area contributed by atoms with E-state index in [9.17, 15) is 9.18 Å². The minimum Gasteiger partial charge on any atom is -0.351 e. The maximum absolute atomic E-state index is 13.1. The molecular weight excluding hydrogens is 361 g/mol. The summed E-state index contributed by atoms with van der Waals surface area (Å²) in [5, 5.41) is 11.3. The highest BCUT2D eigenvalue weighted by molar-refractivity contribution is 5.93. The molecule has 0 radical (unpaired) electrons. The molecule has 0 saturated heterocycles. The quantitative estimate of drug-likeness (QED) is 0.518. The summed E-state index contributed by atoms with van der Waals surface area (Å²) in [7, 11) is 1.71. The Hall–Kier alpha value is -3.62. The summed E-state index contributed by atoms with van der Waals surface area (Å²) in [5.74, 6) is 0.0502. The van der Waals surface area contributed by atoms with E-state index in [1.165, 1.54) is 23.1 Å². The van der Waals surface area contributed by atoms with Gasteiger partial charge in [0.05, 0.1) is 5.69 Å². The second-order valence-electron chi connectivity index (χ2n) is 6.37. The maximum Gasteiger partial charge on any atom is 0.269 e. The van der Waals surface area contributed by atoms with Crippen LogP contribution < -0.4 is 5.32 Å². The highest BCUT2D eigenvalue weighted by Gasteiger charge is 2.14. The van der Waals surface area contributed by atoms with Crippen LogP contribution in [0.5, 0.6) is 0 Å². The van der Waals surface area contributed by atoms with Crippen molar-refractivity contribution in [3.63, 3.8) is 0 Å². The first-order chi connectivity index (χ1) is 13.6. The van der Waals surface area contributed by atoms with E-state index in [2.05, 4.69) is 25.5 Å². The van der Waals surface area contributed by atoms with E-state index < -0.39 is 0 Å². The summed E-state index contributed by atoms with van der Waals surface area (Å²) in [5.41, 5.74) is 2.85. The number of benzene rings is 1. The van der Waals surface area contributed by atoms with Gasteiger partial charge in [0.2, 0.25) is 0 Å². The van der Waals surface area contributed by atoms with E-state index in [1.807, 2.05) is 6.20 Å². The smallest absolute Gasteiger partial charge is 0.269 e. The van der Waals surface area contributed by atoms with Gasteiger partial charge in [0.15, 0.2) is 0 Å². The molecule has 1 aromatic carbocycles. The molecule has 0 aliphatic carbocycles. The van der Waals surface area contributed by atoms with Crippen molar-refractivity contribution in [2.45, 2.75) is 12.8 Å². The van der Waals surface area contributed by atoms with Crippen LogP contribution >= 0.6 is 0 Å². The van der Waals surface area contributed by atoms with E-state index in [4.69, 9.17) is 0 Å². The van der Waals surface area contributed by atoms with Crippen LogP contribution in [0.4, 0.5) is 4.39 Å². The van der Waals surface area contributed by atoms with Gasteiger partial charge >= 0.3 is 0 Å². The molecule has 0 aliphatic heterocycles. The van der Waals surface area contributed by atoms with Crippen LogP contribution in [0, 0.1) is 5.82 Å². The molecule has 1 amide bonds. The number of aryl methyl sites for hydroxylation is 2. The van der Waals surface area contributed by atoms with Gasteiger partial charge in [0, 0.05) is 31.5 Å². The van der Waals surface area contributed by atoms with Gasteiger partial charge in [-0.1, -0.05) is 0 Å². The largest absolute Gasteiger partial charge is 0.351 e. The number of rotatable bonds is 6. The van der Waals surface area contributed by atoms with Crippen LogP contribution in [0.1, 0.15) is 22.5 Å². The van der Waals surface area contributed by atoms with Gasteiger partial charge in [-0.25, -0.2) is 13.9 Å². The molecule has 28 heavy (non-hydrogen) atoms. The monoisotopic (exact) mass is 379 g/mol. The summed E-state index contributed by atoms with van der Waals surface area (Å²) < 4.78 is 16.2. The SMILES string of the molecule is Cn1nc(-c2ccc(F)cc2)cc1C(=O)NCCCc1cnc2ncnn2c1. The number of hydrogen-bond donors (Lipinski definition) is 1. The Bertz CT molecular complexity index is 1120. The lowest BCUT2D eigenvalue weighted by molar-refractivity contribution is 0.0944. The number of amides is 1. The number of hydrogen-bond acceptors (Lipinski definition) is 5. The highest BCUT2D eigenvalue weighted by atomic mass is 19.1. The van der Waals surface area contributed by atoms with Gasteiger partial charge < -0.3 is 5.32 Å². The molecule has 0 spiro atoms. The fraction of sp³-hybridized carbons (Fsp3) is 0.211. The van der Waals surface area contributed by atoms with Crippen LogP contribution in [-0.2, 0) is 13.5 Å². The van der Waals surface area contributed by atoms with Crippen molar-refractivity contribution in [1.82, 2.24) is 34.7 Å². The number of aromatic nitrogens is 6. The van der Waals surface area contributed by atoms with Crippen molar-refractivity contribution in [1.29, 1.82) is 0 Å². The van der Waals surface area contributed by atoms with Crippen molar-refractivity contribution >= 4 is 11.7 Å². The van der Waals surface area contributed by atoms with Crippen molar-refractivity contribution < 1.29 is 9.18 Å². The Morgan fingerprint density at radius 3 is 2.86 bits per heavy atom. The average Bonchev–Trinajstić information content (AvgIpc) is 3.31. The van der Waals surface area contributed by atoms with E-state index >= 15 is 0 Å². The number of nitrogens with one attached hydrogen (secondary N) is 1. The Labute approximate surface area is 160 Å². The lowest BCUT2D eigenvalue weighted by Crippen LogP contribution is -2.26. The van der Waals surface area contributed by atoms with Crippen LogP contribution in [0.15, 0.2) is 49.1 Å². The molecule has 4 aromatic rings. The third-order valence-corrected chi connectivity index (χ3v) is 4.37. The van der Waals surface area contributed by atoms with Crippen molar-refractivity contribution in [3.05, 3.63) is 66.1 Å². The molecule has 8 nitrogen and oxygen atoms in total. The predicted molar refractivity (Wildman–Crippen MR) is 100 cm³/mol. The Kier molecular flexibility index (Phi) is 4.79. The van der Waals surface area contributed by atoms with Gasteiger partial charge in [-0.05, 0) is 48.7 Å². The molecule has 3 aromatic heterocycles. The average molecular weight is 379 g/mol. The lowest BCUT2D eigenvalue weighted by Gasteiger charge is -2.05. The van der Waals surface area contributed by atoms with E-state index in [1.54, 1.807) is 36.0 Å². The molecule has 0 aliphatic rings. The normalized spacial score (nSPS) is 11.1. The van der Waals surface area contributed by atoms with E-state index in [-0.39, 0.29) is 11.7 Å². The first kappa shape index (κ1) is 17.8. The summed E-state index contributed by atoms with van der Waals surface area (Å²) >= 11 is 0. The molecule has 142 valence electrons. The van der Waals surface area contributed by atoms with Crippen LogP contribution in [0.2, 0.25) is 0 Å². The first-order valence-corrected chi connectivity index (χ1v) is 8.82. The summed E-state index contributed by atoms with van der Waals surface area (Å²) in [6.07, 6.45) is 6.63. The first-order valence-electron chi connectivity index (χ1n) is 8.82.